The number of nitrogens with zero attached hydrogens (tertiary/aromatic N) is 1. The molecule has 5 heteroatoms. The number of carboxylic acid groups (broad SMARTS) is 1. The fraction of sp³-hybridized carbons (Fsp3) is 0. The third kappa shape index (κ3) is 2.09. The summed E-state index contributed by atoms with van der Waals surface area (Å²) in [5, 5.41) is 10.5. The Balaban J connectivity index is 2.24. The number of hydrogen-bond acceptors (Lipinski definition) is 3. The number of pyridine rings is 1. The van der Waals surface area contributed by atoms with Gasteiger partial charge in [-0.05, 0) is 36.4 Å². The fourth-order valence-electron chi connectivity index (χ4n) is 1.93. The van der Waals surface area contributed by atoms with Crippen molar-refractivity contribution in [3.05, 3.63) is 52.5 Å². The predicted molar refractivity (Wildman–Crippen MR) is 77.0 cm³/mol. The molecule has 0 unspecified atom stereocenters. The molecule has 0 bridgehead atoms. The lowest BCUT2D eigenvalue weighted by Gasteiger charge is -2.04. The maximum absolute atomic E-state index is 10.9. The van der Waals surface area contributed by atoms with Crippen LogP contribution >= 0.6 is 22.9 Å². The molecule has 94 valence electrons. The molecule has 0 aliphatic heterocycles. The van der Waals surface area contributed by atoms with E-state index in [4.69, 9.17) is 16.7 Å². The largest absolute Gasteiger partial charge is 0.477 e. The average Bonchev–Trinajstić information content (AvgIpc) is 2.89. The van der Waals surface area contributed by atoms with E-state index in [1.807, 2.05) is 18.2 Å². The zero-order valence-corrected chi connectivity index (χ0v) is 11.2. The number of rotatable bonds is 2. The minimum atomic E-state index is -0.914. The van der Waals surface area contributed by atoms with Crippen LogP contribution in [-0.4, -0.2) is 16.1 Å². The topological polar surface area (TPSA) is 50.2 Å². The van der Waals surface area contributed by atoms with Crippen molar-refractivity contribution >= 4 is 39.8 Å². The van der Waals surface area contributed by atoms with Gasteiger partial charge in [0.15, 0.2) is 0 Å². The number of hydrogen-bond donors (Lipinski definition) is 1. The molecule has 0 fully saturated rings. The first-order valence-electron chi connectivity index (χ1n) is 5.53. The van der Waals surface area contributed by atoms with E-state index in [-0.39, 0.29) is 0 Å². The number of aromatic nitrogens is 1. The van der Waals surface area contributed by atoms with Gasteiger partial charge in [-0.3, -0.25) is 4.98 Å². The Morgan fingerprint density at radius 1 is 1.21 bits per heavy atom. The van der Waals surface area contributed by atoms with Gasteiger partial charge in [0.2, 0.25) is 0 Å². The Bertz CT molecular complexity index is 782. The van der Waals surface area contributed by atoms with Crippen molar-refractivity contribution in [2.24, 2.45) is 0 Å². The molecule has 1 N–H and O–H groups in total. The van der Waals surface area contributed by atoms with Gasteiger partial charge in [0.25, 0.3) is 0 Å². The van der Waals surface area contributed by atoms with Crippen LogP contribution in [0, 0.1) is 0 Å². The highest BCUT2D eigenvalue weighted by atomic mass is 35.5. The number of thiophene rings is 1. The molecule has 2 aromatic heterocycles. The molecule has 0 radical (unpaired) electrons. The Morgan fingerprint density at radius 3 is 2.79 bits per heavy atom. The highest BCUT2D eigenvalue weighted by molar-refractivity contribution is 7.17. The molecule has 3 aromatic rings. The molecule has 19 heavy (non-hydrogen) atoms. The van der Waals surface area contributed by atoms with Crippen LogP contribution in [0.4, 0.5) is 0 Å². The third-order valence-electron chi connectivity index (χ3n) is 2.80. The number of carbonyl (C=O) groups is 1. The molecule has 0 amide bonds. The number of aromatic carboxylic acids is 1. The SMILES string of the molecule is O=C(O)c1ccc(-c2ccc(Cl)c3cccnc23)s1. The average molecular weight is 290 g/mol. The molecular weight excluding hydrogens is 282 g/mol. The molecule has 0 saturated carbocycles. The highest BCUT2D eigenvalue weighted by Gasteiger charge is 2.12. The molecule has 3 rings (SSSR count). The molecule has 0 saturated heterocycles. The van der Waals surface area contributed by atoms with Gasteiger partial charge in [-0.25, -0.2) is 4.79 Å². The quantitative estimate of drug-likeness (QED) is 0.764. The van der Waals surface area contributed by atoms with E-state index in [1.54, 1.807) is 24.4 Å². The van der Waals surface area contributed by atoms with Crippen LogP contribution in [0.25, 0.3) is 21.3 Å². The van der Waals surface area contributed by atoms with E-state index in [0.717, 1.165) is 21.3 Å². The summed E-state index contributed by atoms with van der Waals surface area (Å²) in [6.45, 7) is 0. The van der Waals surface area contributed by atoms with Gasteiger partial charge >= 0.3 is 5.97 Å². The summed E-state index contributed by atoms with van der Waals surface area (Å²) >= 11 is 7.37. The summed E-state index contributed by atoms with van der Waals surface area (Å²) in [4.78, 5) is 16.5. The molecule has 1 aromatic carbocycles. The van der Waals surface area contributed by atoms with E-state index >= 15 is 0 Å². The lowest BCUT2D eigenvalue weighted by atomic mass is 10.1. The number of carboxylic acids is 1. The van der Waals surface area contributed by atoms with E-state index in [1.165, 1.54) is 11.3 Å². The first-order chi connectivity index (χ1) is 9.16. The van der Waals surface area contributed by atoms with Crippen LogP contribution in [-0.2, 0) is 0 Å². The van der Waals surface area contributed by atoms with Crippen molar-refractivity contribution in [3.8, 4) is 10.4 Å². The van der Waals surface area contributed by atoms with E-state index in [2.05, 4.69) is 4.98 Å². The van der Waals surface area contributed by atoms with E-state index in [9.17, 15) is 4.79 Å². The van der Waals surface area contributed by atoms with E-state index < -0.39 is 5.97 Å². The Kier molecular flexibility index (Phi) is 2.97. The summed E-state index contributed by atoms with van der Waals surface area (Å²) in [5.41, 5.74) is 1.69. The molecule has 2 heterocycles. The first kappa shape index (κ1) is 12.1. The van der Waals surface area contributed by atoms with E-state index in [0.29, 0.717) is 9.90 Å². The van der Waals surface area contributed by atoms with Crippen LogP contribution in [0.2, 0.25) is 5.02 Å². The van der Waals surface area contributed by atoms with Gasteiger partial charge in [-0.2, -0.15) is 0 Å². The van der Waals surface area contributed by atoms with Crippen LogP contribution < -0.4 is 0 Å². The van der Waals surface area contributed by atoms with Gasteiger partial charge in [0.05, 0.1) is 10.5 Å². The Hall–Kier alpha value is -1.91. The molecule has 0 aliphatic rings. The summed E-state index contributed by atoms with van der Waals surface area (Å²) in [5.74, 6) is -0.914. The smallest absolute Gasteiger partial charge is 0.345 e. The van der Waals surface area contributed by atoms with Crippen LogP contribution in [0.3, 0.4) is 0 Å². The Labute approximate surface area is 118 Å². The van der Waals surface area contributed by atoms with Gasteiger partial charge < -0.3 is 5.11 Å². The van der Waals surface area contributed by atoms with Crippen molar-refractivity contribution < 1.29 is 9.90 Å². The molecule has 0 atom stereocenters. The molecule has 0 spiro atoms. The second-order valence-corrected chi connectivity index (χ2v) is 5.45. The summed E-state index contributed by atoms with van der Waals surface area (Å²) in [7, 11) is 0. The number of halogens is 1. The summed E-state index contributed by atoms with van der Waals surface area (Å²) in [6.07, 6.45) is 1.70. The maximum Gasteiger partial charge on any atom is 0.345 e. The van der Waals surface area contributed by atoms with Crippen LogP contribution in [0.5, 0.6) is 0 Å². The van der Waals surface area contributed by atoms with Crippen molar-refractivity contribution in [3.63, 3.8) is 0 Å². The molecule has 3 nitrogen and oxygen atoms in total. The van der Waals surface area contributed by atoms with Gasteiger partial charge in [-0.1, -0.05) is 11.6 Å². The number of benzene rings is 1. The molecule has 0 aliphatic carbocycles. The van der Waals surface area contributed by atoms with Crippen LogP contribution in [0.1, 0.15) is 9.67 Å². The van der Waals surface area contributed by atoms with Crippen molar-refractivity contribution in [2.45, 2.75) is 0 Å². The summed E-state index contributed by atoms with van der Waals surface area (Å²) in [6, 6.07) is 10.8. The minimum Gasteiger partial charge on any atom is -0.477 e. The summed E-state index contributed by atoms with van der Waals surface area (Å²) < 4.78 is 0. The van der Waals surface area contributed by atoms with Gasteiger partial charge in [0.1, 0.15) is 4.88 Å². The lowest BCUT2D eigenvalue weighted by Crippen LogP contribution is -1.89. The monoisotopic (exact) mass is 289 g/mol. The van der Waals surface area contributed by atoms with Crippen molar-refractivity contribution in [2.75, 3.05) is 0 Å². The second-order valence-electron chi connectivity index (χ2n) is 3.96. The predicted octanol–water partition coefficient (Wildman–Crippen LogP) is 4.31. The van der Waals surface area contributed by atoms with Crippen LogP contribution in [0.15, 0.2) is 42.6 Å². The minimum absolute atomic E-state index is 0.314. The first-order valence-corrected chi connectivity index (χ1v) is 6.73. The highest BCUT2D eigenvalue weighted by Crippen LogP contribution is 2.35. The Morgan fingerprint density at radius 2 is 2.05 bits per heavy atom. The number of fused-ring (bicyclic) bond motifs is 1. The standard InChI is InChI=1S/C14H8ClNO2S/c15-10-4-3-9(13-8(10)2-1-7-16-13)11-5-6-12(19-11)14(17)18/h1-7H,(H,17,18). The second kappa shape index (κ2) is 4.64. The molecular formula is C14H8ClNO2S. The fourth-order valence-corrected chi connectivity index (χ4v) is 3.02. The maximum atomic E-state index is 10.9. The van der Waals surface area contributed by atoms with Gasteiger partial charge in [-0.15, -0.1) is 11.3 Å². The van der Waals surface area contributed by atoms with Crippen molar-refractivity contribution in [1.82, 2.24) is 4.98 Å². The zero-order valence-electron chi connectivity index (χ0n) is 9.63. The zero-order chi connectivity index (χ0) is 13.4. The normalized spacial score (nSPS) is 10.8. The lowest BCUT2D eigenvalue weighted by molar-refractivity contribution is 0.0702. The van der Waals surface area contributed by atoms with Gasteiger partial charge in [0, 0.05) is 22.0 Å². The van der Waals surface area contributed by atoms with Crippen molar-refractivity contribution in [1.29, 1.82) is 0 Å². The third-order valence-corrected chi connectivity index (χ3v) is 4.23.